The van der Waals surface area contributed by atoms with Crippen molar-refractivity contribution in [3.63, 3.8) is 0 Å². The first-order valence-corrected chi connectivity index (χ1v) is 25.1. The number of carbonyl (C=O) groups excluding carboxylic acids is 1. The van der Waals surface area contributed by atoms with Gasteiger partial charge in [-0.25, -0.2) is 9.78 Å². The van der Waals surface area contributed by atoms with Gasteiger partial charge in [-0.1, -0.05) is 92.0 Å². The van der Waals surface area contributed by atoms with E-state index in [9.17, 15) is 4.79 Å². The number of esters is 1. The highest BCUT2D eigenvalue weighted by Gasteiger charge is 2.48. The number of thiazole rings is 1. The van der Waals surface area contributed by atoms with Crippen LogP contribution in [-0.2, 0) is 20.0 Å². The van der Waals surface area contributed by atoms with E-state index >= 15 is 0 Å². The van der Waals surface area contributed by atoms with Crippen molar-refractivity contribution in [3.05, 3.63) is 51.5 Å². The quantitative estimate of drug-likeness (QED) is 0.0747. The van der Waals surface area contributed by atoms with Crippen LogP contribution in [-0.4, -0.2) is 45.7 Å². The fraction of sp³-hybridized carbons (Fsp3) is 0.737. The number of unbranched alkanes of at least 4 members (excludes halogenated alkanes) is 2. The molecule has 0 saturated heterocycles. The molecule has 1 aliphatic rings. The van der Waals surface area contributed by atoms with Gasteiger partial charge in [0, 0.05) is 11.3 Å². The molecule has 2 aromatic rings. The first kappa shape index (κ1) is 40.4. The summed E-state index contributed by atoms with van der Waals surface area (Å²) in [6.45, 7) is 27.8. The number of aromatic nitrogens is 1. The van der Waals surface area contributed by atoms with Crippen LogP contribution in [0.4, 0.5) is 0 Å². The second-order valence-electron chi connectivity index (χ2n) is 16.6. The topological polar surface area (TPSA) is 57.7 Å². The molecule has 0 spiro atoms. The van der Waals surface area contributed by atoms with Gasteiger partial charge in [-0.05, 0) is 92.3 Å². The van der Waals surface area contributed by atoms with Crippen molar-refractivity contribution in [1.82, 2.24) is 4.98 Å². The zero-order valence-corrected chi connectivity index (χ0v) is 35.1. The summed E-state index contributed by atoms with van der Waals surface area (Å²) in [5.41, 5.74) is 2.61. The van der Waals surface area contributed by atoms with Gasteiger partial charge in [-0.2, -0.15) is 0 Å². The Morgan fingerprint density at radius 3 is 2.19 bits per heavy atom. The van der Waals surface area contributed by atoms with Crippen LogP contribution in [0.5, 0.6) is 0 Å². The van der Waals surface area contributed by atoms with Gasteiger partial charge in [-0.15, -0.1) is 22.9 Å². The molecule has 5 atom stereocenters. The van der Waals surface area contributed by atoms with Crippen LogP contribution in [0.2, 0.25) is 36.3 Å². The minimum Gasteiger partial charge on any atom is -0.462 e. The first-order valence-electron chi connectivity index (χ1n) is 18.0. The predicted molar refractivity (Wildman–Crippen MR) is 205 cm³/mol. The Bertz CT molecular complexity index is 1270. The average molecular weight is 723 g/mol. The van der Waals surface area contributed by atoms with Gasteiger partial charge in [0.25, 0.3) is 0 Å². The molecule has 0 bridgehead atoms. The molecule has 266 valence electrons. The van der Waals surface area contributed by atoms with E-state index in [1.165, 1.54) is 41.7 Å². The third kappa shape index (κ3) is 10.7. The van der Waals surface area contributed by atoms with Crippen molar-refractivity contribution in [2.24, 2.45) is 5.92 Å². The van der Waals surface area contributed by atoms with Crippen LogP contribution in [0.15, 0.2) is 30.5 Å². The summed E-state index contributed by atoms with van der Waals surface area (Å²) in [5.74, 6) is 0.238. The highest BCUT2D eigenvalue weighted by Crippen LogP contribution is 2.50. The summed E-state index contributed by atoms with van der Waals surface area (Å²) in [4.78, 5) is 17.3. The van der Waals surface area contributed by atoms with Crippen molar-refractivity contribution in [2.75, 3.05) is 6.61 Å². The molecule has 1 unspecified atom stereocenters. The summed E-state index contributed by atoms with van der Waals surface area (Å²) in [7, 11) is -3.96. The number of hydrogen-bond acceptors (Lipinski definition) is 6. The smallest absolute Gasteiger partial charge is 0.349 e. The van der Waals surface area contributed by atoms with E-state index in [4.69, 9.17) is 25.2 Å². The number of ether oxygens (including phenoxy) is 1. The first-order chi connectivity index (χ1) is 21.8. The van der Waals surface area contributed by atoms with Crippen molar-refractivity contribution in [2.45, 2.75) is 167 Å². The molecular formula is C38H64ClNO4SSi2. The number of aryl methyl sites for hydroxylation is 1. The lowest BCUT2D eigenvalue weighted by Crippen LogP contribution is -2.44. The molecule has 9 heteroatoms. The SMILES string of the molecule is CCCCCC(O[Si](C)(C)C(C)(C)C)c1ccc([C@@H]2[C@@H](CCCc3ncc(C(=O)OCC)s3)[C@H](Cl)C[C@H]2O[Si](C)(C)C(C)(C)C)cc1. The zero-order valence-electron chi connectivity index (χ0n) is 31.5. The highest BCUT2D eigenvalue weighted by atomic mass is 35.5. The van der Waals surface area contributed by atoms with Crippen LogP contribution in [0.3, 0.4) is 0 Å². The lowest BCUT2D eigenvalue weighted by atomic mass is 9.84. The Morgan fingerprint density at radius 2 is 1.62 bits per heavy atom. The number of benzene rings is 1. The molecule has 0 radical (unpaired) electrons. The van der Waals surface area contributed by atoms with Gasteiger partial charge in [0.05, 0.1) is 30.0 Å². The van der Waals surface area contributed by atoms with Crippen LogP contribution >= 0.6 is 22.9 Å². The summed E-state index contributed by atoms with van der Waals surface area (Å²) < 4.78 is 19.4. The molecule has 3 rings (SSSR count). The van der Waals surface area contributed by atoms with E-state index in [2.05, 4.69) is 104 Å². The fourth-order valence-electron chi connectivity index (χ4n) is 6.09. The lowest BCUT2D eigenvalue weighted by molar-refractivity contribution is 0.0531. The second-order valence-corrected chi connectivity index (χ2v) is 27.8. The van der Waals surface area contributed by atoms with Crippen LogP contribution in [0.25, 0.3) is 0 Å². The number of hydrogen-bond donors (Lipinski definition) is 0. The molecule has 1 aromatic heterocycles. The maximum Gasteiger partial charge on any atom is 0.349 e. The Morgan fingerprint density at radius 1 is 0.979 bits per heavy atom. The minimum absolute atomic E-state index is 0.0459. The maximum atomic E-state index is 12.2. The van der Waals surface area contributed by atoms with Gasteiger partial charge in [0.2, 0.25) is 0 Å². The van der Waals surface area contributed by atoms with Crippen LogP contribution in [0.1, 0.15) is 138 Å². The van der Waals surface area contributed by atoms with E-state index in [1.54, 1.807) is 6.20 Å². The maximum absolute atomic E-state index is 12.2. The van der Waals surface area contributed by atoms with Crippen molar-refractivity contribution >= 4 is 45.5 Å². The van der Waals surface area contributed by atoms with Crippen LogP contribution < -0.4 is 0 Å². The summed E-state index contributed by atoms with van der Waals surface area (Å²) in [6.07, 6.45) is 10.2. The molecule has 1 aliphatic carbocycles. The number of carbonyl (C=O) groups is 1. The average Bonchev–Trinajstić information content (AvgIpc) is 3.55. The van der Waals surface area contributed by atoms with Crippen molar-refractivity contribution < 1.29 is 18.4 Å². The Kier molecular flexibility index (Phi) is 14.4. The van der Waals surface area contributed by atoms with Gasteiger partial charge in [-0.3, -0.25) is 0 Å². The number of halogens is 1. The highest BCUT2D eigenvalue weighted by molar-refractivity contribution is 7.13. The van der Waals surface area contributed by atoms with Crippen molar-refractivity contribution in [1.29, 1.82) is 0 Å². The van der Waals surface area contributed by atoms with Gasteiger partial charge in [0.1, 0.15) is 4.88 Å². The molecule has 1 fully saturated rings. The monoisotopic (exact) mass is 721 g/mol. The van der Waals surface area contributed by atoms with Gasteiger partial charge >= 0.3 is 5.97 Å². The largest absolute Gasteiger partial charge is 0.462 e. The summed E-state index contributed by atoms with van der Waals surface area (Å²) >= 11 is 8.68. The molecule has 0 N–H and O–H groups in total. The molecule has 5 nitrogen and oxygen atoms in total. The summed E-state index contributed by atoms with van der Waals surface area (Å²) in [5, 5.41) is 1.30. The lowest BCUT2D eigenvalue weighted by Gasteiger charge is -2.40. The molecule has 1 heterocycles. The van der Waals surface area contributed by atoms with Crippen molar-refractivity contribution in [3.8, 4) is 0 Å². The summed E-state index contributed by atoms with van der Waals surface area (Å²) in [6, 6.07) is 9.34. The third-order valence-electron chi connectivity index (χ3n) is 11.0. The van der Waals surface area contributed by atoms with E-state index in [1.807, 2.05) is 6.92 Å². The molecular weight excluding hydrogens is 658 g/mol. The van der Waals surface area contributed by atoms with E-state index < -0.39 is 16.6 Å². The minimum atomic E-state index is -2.02. The number of nitrogens with zero attached hydrogens (tertiary/aromatic N) is 1. The van der Waals surface area contributed by atoms with E-state index in [0.29, 0.717) is 17.4 Å². The Hall–Kier alpha value is -1.04. The number of rotatable bonds is 16. The van der Waals surface area contributed by atoms with Crippen LogP contribution in [0, 0.1) is 5.92 Å². The molecule has 0 aliphatic heterocycles. The predicted octanol–water partition coefficient (Wildman–Crippen LogP) is 12.1. The van der Waals surface area contributed by atoms with Gasteiger partial charge in [0.15, 0.2) is 16.6 Å². The molecule has 1 aromatic carbocycles. The Labute approximate surface area is 298 Å². The normalized spacial score (nSPS) is 21.6. The zero-order chi connectivity index (χ0) is 35.2. The molecule has 1 saturated carbocycles. The van der Waals surface area contributed by atoms with E-state index in [-0.39, 0.29) is 39.5 Å². The molecule has 0 amide bonds. The van der Waals surface area contributed by atoms with E-state index in [0.717, 1.165) is 37.1 Å². The molecule has 47 heavy (non-hydrogen) atoms. The second kappa shape index (κ2) is 16.8. The Balaban J connectivity index is 1.88. The third-order valence-corrected chi connectivity index (χ3v) is 21.5. The number of alkyl halides is 1. The van der Waals surface area contributed by atoms with Gasteiger partial charge < -0.3 is 13.6 Å². The standard InChI is InChI=1S/C38H64ClNO4SSi2/c1-13-15-16-19-31(43-46(9,10)37(3,4)5)27-21-23-28(24-22-27)35-29(30(39)25-32(35)44-47(11,12)38(6,7)8)18-17-20-34-40-26-33(45-34)36(41)42-14-2/h21-24,26,29-32,35H,13-20,25H2,1-12H3/t29-,30+,31?,32+,35+/m0/s1. The fourth-order valence-corrected chi connectivity index (χ4v) is 10.1.